The lowest BCUT2D eigenvalue weighted by Crippen LogP contribution is -2.35. The molecule has 0 spiro atoms. The molecular weight excluding hydrogens is 458 g/mol. The van der Waals surface area contributed by atoms with Crippen LogP contribution in [0.25, 0.3) is 22.2 Å². The van der Waals surface area contributed by atoms with Crippen LogP contribution in [0.4, 0.5) is 14.5 Å². The highest BCUT2D eigenvalue weighted by Gasteiger charge is 2.43. The number of hydrogen-bond acceptors (Lipinski definition) is 5. The zero-order valence-corrected chi connectivity index (χ0v) is 17.8. The van der Waals surface area contributed by atoms with Gasteiger partial charge in [-0.1, -0.05) is 23.7 Å². The van der Waals surface area contributed by atoms with Crippen molar-refractivity contribution in [3.63, 3.8) is 0 Å². The highest BCUT2D eigenvalue weighted by molar-refractivity contribution is 6.30. The summed E-state index contributed by atoms with van der Waals surface area (Å²) in [5, 5.41) is 5.50. The summed E-state index contributed by atoms with van der Waals surface area (Å²) in [4.78, 5) is 30.0. The molecule has 0 atom stereocenters. The maximum Gasteiger partial charge on any atom is 0.586 e. The Morgan fingerprint density at radius 3 is 2.76 bits per heavy atom. The van der Waals surface area contributed by atoms with Gasteiger partial charge in [-0.25, -0.2) is 4.68 Å². The van der Waals surface area contributed by atoms with Gasteiger partial charge in [0.15, 0.2) is 11.5 Å². The van der Waals surface area contributed by atoms with E-state index in [2.05, 4.69) is 19.6 Å². The first kappa shape index (κ1) is 21.0. The zero-order chi connectivity index (χ0) is 23.3. The SMILES string of the molecule is CN(C(=O)Cn1nc(-c2cccc(Cl)c2)c2cc[nH]c2c1=O)c1ccc2c(c1)OC(F)(F)O2. The minimum absolute atomic E-state index is 0.133. The molecule has 0 aliphatic carbocycles. The summed E-state index contributed by atoms with van der Waals surface area (Å²) in [6.45, 7) is -0.386. The first-order chi connectivity index (χ1) is 15.7. The molecule has 0 fully saturated rings. The van der Waals surface area contributed by atoms with Crippen LogP contribution in [0.3, 0.4) is 0 Å². The maximum atomic E-state index is 13.3. The van der Waals surface area contributed by atoms with Crippen molar-refractivity contribution in [1.29, 1.82) is 0 Å². The van der Waals surface area contributed by atoms with Crippen LogP contribution in [0.15, 0.2) is 59.5 Å². The molecule has 3 heterocycles. The maximum absolute atomic E-state index is 13.3. The molecule has 8 nitrogen and oxygen atoms in total. The fourth-order valence-electron chi connectivity index (χ4n) is 3.57. The summed E-state index contributed by atoms with van der Waals surface area (Å²) in [5.41, 5.74) is 1.25. The molecular formula is C22H15ClF2N4O4. The van der Waals surface area contributed by atoms with Crippen molar-refractivity contribution in [3.05, 3.63) is 70.1 Å². The number of hydrogen-bond donors (Lipinski definition) is 1. The third-order valence-corrected chi connectivity index (χ3v) is 5.44. The van der Waals surface area contributed by atoms with Gasteiger partial charge in [0.05, 0.1) is 0 Å². The van der Waals surface area contributed by atoms with Crippen molar-refractivity contribution in [3.8, 4) is 22.8 Å². The summed E-state index contributed by atoms with van der Waals surface area (Å²) in [5.74, 6) is -0.826. The third kappa shape index (κ3) is 3.78. The van der Waals surface area contributed by atoms with Crippen LogP contribution >= 0.6 is 11.6 Å². The van der Waals surface area contributed by atoms with Crippen LogP contribution in [0.2, 0.25) is 5.02 Å². The number of carbonyl (C=O) groups excluding carboxylic acids is 1. The van der Waals surface area contributed by atoms with Gasteiger partial charge >= 0.3 is 6.29 Å². The number of amides is 1. The summed E-state index contributed by atoms with van der Waals surface area (Å²) >= 11 is 6.11. The van der Waals surface area contributed by atoms with E-state index >= 15 is 0 Å². The van der Waals surface area contributed by atoms with E-state index in [-0.39, 0.29) is 23.7 Å². The van der Waals surface area contributed by atoms with Gasteiger partial charge in [0.2, 0.25) is 5.91 Å². The van der Waals surface area contributed by atoms with Gasteiger partial charge in [0.25, 0.3) is 5.56 Å². The predicted molar refractivity (Wildman–Crippen MR) is 117 cm³/mol. The second-order valence-electron chi connectivity index (χ2n) is 7.34. The monoisotopic (exact) mass is 472 g/mol. The topological polar surface area (TPSA) is 89.5 Å². The van der Waals surface area contributed by atoms with Gasteiger partial charge in [-0.3, -0.25) is 9.59 Å². The Kier molecular flexibility index (Phi) is 4.82. The molecule has 2 aromatic heterocycles. The number of H-pyrrole nitrogens is 1. The van der Waals surface area contributed by atoms with Gasteiger partial charge in [-0.15, -0.1) is 8.78 Å². The lowest BCUT2D eigenvalue weighted by molar-refractivity contribution is -0.286. The first-order valence-electron chi connectivity index (χ1n) is 9.72. The van der Waals surface area contributed by atoms with Gasteiger partial charge in [0.1, 0.15) is 17.8 Å². The molecule has 0 radical (unpaired) electrons. The smallest absolute Gasteiger partial charge is 0.395 e. The van der Waals surface area contributed by atoms with Gasteiger partial charge < -0.3 is 19.4 Å². The molecule has 1 aliphatic rings. The number of rotatable bonds is 4. The first-order valence-corrected chi connectivity index (χ1v) is 10.1. The Morgan fingerprint density at radius 1 is 1.18 bits per heavy atom. The van der Waals surface area contributed by atoms with E-state index in [0.717, 1.165) is 4.68 Å². The van der Waals surface area contributed by atoms with Crippen molar-refractivity contribution in [2.24, 2.45) is 0 Å². The molecule has 168 valence electrons. The molecule has 1 amide bonds. The second-order valence-corrected chi connectivity index (χ2v) is 7.78. The normalized spacial score (nSPS) is 13.9. The Morgan fingerprint density at radius 2 is 1.97 bits per heavy atom. The molecule has 4 aromatic rings. The van der Waals surface area contributed by atoms with Crippen LogP contribution < -0.4 is 19.9 Å². The molecule has 2 aromatic carbocycles. The number of aromatic amines is 1. The number of carbonyl (C=O) groups is 1. The standard InChI is InChI=1S/C22H15ClF2N4O4/c1-28(14-5-6-16-17(10-14)33-22(24,25)32-16)18(30)11-29-21(31)20-15(7-8-26-20)19(27-29)12-3-2-4-13(23)9-12/h2-10,26H,11H2,1H3. The number of anilines is 1. The molecule has 1 N–H and O–H groups in total. The summed E-state index contributed by atoms with van der Waals surface area (Å²) in [6, 6.07) is 12.7. The van der Waals surface area contributed by atoms with Crippen molar-refractivity contribution >= 4 is 34.1 Å². The number of benzene rings is 2. The minimum Gasteiger partial charge on any atom is -0.395 e. The lowest BCUT2D eigenvalue weighted by atomic mass is 10.1. The van der Waals surface area contributed by atoms with Crippen molar-refractivity contribution < 1.29 is 23.0 Å². The number of ether oxygens (including phenoxy) is 2. The van der Waals surface area contributed by atoms with E-state index < -0.39 is 17.8 Å². The quantitative estimate of drug-likeness (QED) is 0.484. The number of likely N-dealkylation sites (N-methyl/N-ethyl adjacent to an activating group) is 1. The van der Waals surface area contributed by atoms with E-state index in [1.165, 1.54) is 30.1 Å². The van der Waals surface area contributed by atoms with Crippen molar-refractivity contribution in [2.45, 2.75) is 12.8 Å². The molecule has 33 heavy (non-hydrogen) atoms. The number of nitrogens with one attached hydrogen (secondary N) is 1. The Balaban J connectivity index is 1.48. The molecule has 0 saturated carbocycles. The molecule has 5 rings (SSSR count). The fraction of sp³-hybridized carbons (Fsp3) is 0.136. The van der Waals surface area contributed by atoms with Crippen LogP contribution in [-0.2, 0) is 11.3 Å². The van der Waals surface area contributed by atoms with E-state index in [0.29, 0.717) is 27.2 Å². The van der Waals surface area contributed by atoms with E-state index in [1.807, 2.05) is 0 Å². The number of aromatic nitrogens is 3. The van der Waals surface area contributed by atoms with Crippen LogP contribution in [0.5, 0.6) is 11.5 Å². The molecule has 0 bridgehead atoms. The van der Waals surface area contributed by atoms with Crippen LogP contribution in [-0.4, -0.2) is 34.0 Å². The summed E-state index contributed by atoms with van der Waals surface area (Å²) in [6.07, 6.45) is -2.15. The highest BCUT2D eigenvalue weighted by atomic mass is 35.5. The Hall–Kier alpha value is -3.92. The van der Waals surface area contributed by atoms with Gasteiger partial charge in [-0.2, -0.15) is 5.10 Å². The van der Waals surface area contributed by atoms with E-state index in [9.17, 15) is 18.4 Å². The van der Waals surface area contributed by atoms with Gasteiger partial charge in [0, 0.05) is 41.0 Å². The summed E-state index contributed by atoms with van der Waals surface area (Å²) in [7, 11) is 1.45. The van der Waals surface area contributed by atoms with Crippen LogP contribution in [0, 0.1) is 0 Å². The van der Waals surface area contributed by atoms with Gasteiger partial charge in [-0.05, 0) is 30.3 Å². The largest absolute Gasteiger partial charge is 0.586 e. The lowest BCUT2D eigenvalue weighted by Gasteiger charge is -2.18. The number of fused-ring (bicyclic) bond motifs is 2. The minimum atomic E-state index is -3.76. The third-order valence-electron chi connectivity index (χ3n) is 5.20. The number of alkyl halides is 2. The van der Waals surface area contributed by atoms with Crippen molar-refractivity contribution in [1.82, 2.24) is 14.8 Å². The van der Waals surface area contributed by atoms with E-state index in [1.54, 1.807) is 36.5 Å². The Labute approximate surface area is 189 Å². The van der Waals surface area contributed by atoms with E-state index in [4.69, 9.17) is 11.6 Å². The number of halogens is 3. The molecule has 11 heteroatoms. The fourth-order valence-corrected chi connectivity index (χ4v) is 3.76. The van der Waals surface area contributed by atoms with Crippen molar-refractivity contribution in [2.75, 3.05) is 11.9 Å². The second kappa shape index (κ2) is 7.59. The van der Waals surface area contributed by atoms with Crippen LogP contribution in [0.1, 0.15) is 0 Å². The highest BCUT2D eigenvalue weighted by Crippen LogP contribution is 2.42. The number of nitrogens with zero attached hydrogens (tertiary/aromatic N) is 3. The average molecular weight is 473 g/mol. The average Bonchev–Trinajstić information content (AvgIpc) is 3.37. The molecule has 1 aliphatic heterocycles. The predicted octanol–water partition coefficient (Wildman–Crippen LogP) is 4.03. The molecule has 0 unspecified atom stereocenters. The molecule has 0 saturated heterocycles. The summed E-state index contributed by atoms with van der Waals surface area (Å²) < 4.78 is 36.4. The zero-order valence-electron chi connectivity index (χ0n) is 17.0. The Bertz CT molecular complexity index is 1470.